The SMILES string of the molecule is O=C(Nc1nn[nH]n1)C(Cl)c1ccccc1. The highest BCUT2D eigenvalue weighted by atomic mass is 35.5. The van der Waals surface area contributed by atoms with E-state index in [9.17, 15) is 4.79 Å². The molecule has 1 heterocycles. The van der Waals surface area contributed by atoms with Crippen LogP contribution < -0.4 is 5.32 Å². The highest BCUT2D eigenvalue weighted by Crippen LogP contribution is 2.20. The van der Waals surface area contributed by atoms with Gasteiger partial charge in [0.2, 0.25) is 5.91 Å². The first-order valence-electron chi connectivity index (χ1n) is 4.50. The maximum absolute atomic E-state index is 11.6. The Balaban J connectivity index is 2.05. The second kappa shape index (κ2) is 4.71. The summed E-state index contributed by atoms with van der Waals surface area (Å²) in [4.78, 5) is 11.6. The van der Waals surface area contributed by atoms with Crippen LogP contribution in [0.4, 0.5) is 5.95 Å². The maximum Gasteiger partial charge on any atom is 0.269 e. The Morgan fingerprint density at radius 2 is 2.12 bits per heavy atom. The van der Waals surface area contributed by atoms with Crippen molar-refractivity contribution in [3.05, 3.63) is 35.9 Å². The minimum absolute atomic E-state index is 0.103. The molecule has 1 unspecified atom stereocenters. The number of rotatable bonds is 3. The lowest BCUT2D eigenvalue weighted by atomic mass is 10.1. The van der Waals surface area contributed by atoms with Crippen molar-refractivity contribution in [2.24, 2.45) is 0 Å². The lowest BCUT2D eigenvalue weighted by Crippen LogP contribution is -2.18. The van der Waals surface area contributed by atoms with Crippen LogP contribution in [-0.2, 0) is 4.79 Å². The van der Waals surface area contributed by atoms with Gasteiger partial charge in [0.25, 0.3) is 5.95 Å². The molecule has 2 aromatic rings. The summed E-state index contributed by atoms with van der Waals surface area (Å²) in [6.07, 6.45) is 0. The number of amides is 1. The Hall–Kier alpha value is -1.95. The summed E-state index contributed by atoms with van der Waals surface area (Å²) in [5.74, 6) is -0.291. The van der Waals surface area contributed by atoms with Crippen LogP contribution in [0.5, 0.6) is 0 Å². The summed E-state index contributed by atoms with van der Waals surface area (Å²) < 4.78 is 0. The number of aromatic amines is 1. The molecule has 0 aliphatic rings. The summed E-state index contributed by atoms with van der Waals surface area (Å²) in [7, 11) is 0. The molecule has 1 amide bonds. The molecule has 1 aromatic heterocycles. The van der Waals surface area contributed by atoms with Gasteiger partial charge in [-0.25, -0.2) is 0 Å². The molecule has 7 heteroatoms. The molecule has 2 N–H and O–H groups in total. The smallest absolute Gasteiger partial charge is 0.269 e. The Labute approximate surface area is 96.0 Å². The standard InChI is InChI=1S/C9H8ClN5O/c10-7(6-4-2-1-3-5-6)8(16)11-9-12-14-15-13-9/h1-5,7H,(H2,11,12,13,14,15,16). The molecule has 0 aliphatic heterocycles. The fourth-order valence-electron chi connectivity index (χ4n) is 1.16. The highest BCUT2D eigenvalue weighted by molar-refractivity contribution is 6.32. The molecular weight excluding hydrogens is 230 g/mol. The molecule has 82 valence electrons. The molecule has 0 spiro atoms. The van der Waals surface area contributed by atoms with Gasteiger partial charge in [-0.2, -0.15) is 5.21 Å². The summed E-state index contributed by atoms with van der Waals surface area (Å²) in [6.45, 7) is 0. The quantitative estimate of drug-likeness (QED) is 0.784. The summed E-state index contributed by atoms with van der Waals surface area (Å²) in [6, 6.07) is 9.02. The van der Waals surface area contributed by atoms with Crippen LogP contribution in [0.15, 0.2) is 30.3 Å². The van der Waals surface area contributed by atoms with E-state index in [-0.39, 0.29) is 5.95 Å². The molecule has 6 nitrogen and oxygen atoms in total. The van der Waals surface area contributed by atoms with Gasteiger partial charge in [-0.05, 0) is 10.8 Å². The topological polar surface area (TPSA) is 83.6 Å². The molecule has 1 aromatic carbocycles. The highest BCUT2D eigenvalue weighted by Gasteiger charge is 2.18. The summed E-state index contributed by atoms with van der Waals surface area (Å²) >= 11 is 5.98. The largest absolute Gasteiger partial charge is 0.290 e. The first-order valence-corrected chi connectivity index (χ1v) is 4.94. The zero-order valence-corrected chi connectivity index (χ0v) is 8.85. The Kier molecular flexibility index (Phi) is 3.11. The van der Waals surface area contributed by atoms with Gasteiger partial charge in [-0.15, -0.1) is 16.7 Å². The van der Waals surface area contributed by atoms with E-state index in [0.29, 0.717) is 5.56 Å². The molecule has 2 rings (SSSR count). The molecule has 16 heavy (non-hydrogen) atoms. The fraction of sp³-hybridized carbons (Fsp3) is 0.111. The van der Waals surface area contributed by atoms with Gasteiger partial charge in [0, 0.05) is 0 Å². The average molecular weight is 238 g/mol. The third-order valence-corrected chi connectivity index (χ3v) is 2.35. The zero-order valence-electron chi connectivity index (χ0n) is 8.09. The van der Waals surface area contributed by atoms with Crippen molar-refractivity contribution in [1.29, 1.82) is 0 Å². The van der Waals surface area contributed by atoms with Crippen LogP contribution in [0.25, 0.3) is 0 Å². The van der Waals surface area contributed by atoms with Crippen LogP contribution in [0.3, 0.4) is 0 Å². The molecule has 0 aliphatic carbocycles. The van der Waals surface area contributed by atoms with Gasteiger partial charge >= 0.3 is 0 Å². The third kappa shape index (κ3) is 2.34. The van der Waals surface area contributed by atoms with Gasteiger partial charge in [-0.1, -0.05) is 35.4 Å². The number of halogens is 1. The van der Waals surface area contributed by atoms with Crippen LogP contribution in [0.2, 0.25) is 0 Å². The van der Waals surface area contributed by atoms with Crippen molar-refractivity contribution < 1.29 is 4.79 Å². The Bertz CT molecular complexity index is 458. The van der Waals surface area contributed by atoms with Crippen LogP contribution in [-0.4, -0.2) is 26.5 Å². The molecule has 0 saturated heterocycles. The van der Waals surface area contributed by atoms with Crippen molar-refractivity contribution in [3.63, 3.8) is 0 Å². The number of nitrogens with zero attached hydrogens (tertiary/aromatic N) is 3. The minimum Gasteiger partial charge on any atom is -0.290 e. The van der Waals surface area contributed by atoms with Crippen LogP contribution in [0, 0.1) is 0 Å². The summed E-state index contributed by atoms with van der Waals surface area (Å²) in [5, 5.41) is 14.4. The number of nitrogens with one attached hydrogen (secondary N) is 2. The number of alkyl halides is 1. The number of benzene rings is 1. The molecular formula is C9H8ClN5O. The molecule has 0 saturated carbocycles. The first-order chi connectivity index (χ1) is 7.77. The van der Waals surface area contributed by atoms with Gasteiger partial charge in [0.1, 0.15) is 5.38 Å². The maximum atomic E-state index is 11.6. The number of carbonyl (C=O) groups excluding carboxylic acids is 1. The number of H-pyrrole nitrogens is 1. The molecule has 1 atom stereocenters. The summed E-state index contributed by atoms with van der Waals surface area (Å²) in [5.41, 5.74) is 0.713. The molecule has 0 fully saturated rings. The van der Waals surface area contributed by atoms with Crippen molar-refractivity contribution in [2.75, 3.05) is 5.32 Å². The minimum atomic E-state index is -0.778. The molecule has 0 bridgehead atoms. The van der Waals surface area contributed by atoms with E-state index in [0.717, 1.165) is 0 Å². The van der Waals surface area contributed by atoms with E-state index in [1.54, 1.807) is 12.1 Å². The van der Waals surface area contributed by atoms with E-state index in [1.807, 2.05) is 18.2 Å². The average Bonchev–Trinajstić information content (AvgIpc) is 2.82. The van der Waals surface area contributed by atoms with Crippen LogP contribution >= 0.6 is 11.6 Å². The van der Waals surface area contributed by atoms with Gasteiger partial charge in [0.05, 0.1) is 0 Å². The van der Waals surface area contributed by atoms with Crippen molar-refractivity contribution in [2.45, 2.75) is 5.38 Å². The fourth-order valence-corrected chi connectivity index (χ4v) is 1.36. The number of aromatic nitrogens is 4. The van der Waals surface area contributed by atoms with Gasteiger partial charge in [0.15, 0.2) is 0 Å². The zero-order chi connectivity index (χ0) is 11.4. The number of hydrogen-bond acceptors (Lipinski definition) is 4. The predicted octanol–water partition coefficient (Wildman–Crippen LogP) is 1.12. The lowest BCUT2D eigenvalue weighted by molar-refractivity contribution is -0.116. The van der Waals surface area contributed by atoms with Gasteiger partial charge < -0.3 is 0 Å². The van der Waals surface area contributed by atoms with Crippen molar-refractivity contribution >= 4 is 23.5 Å². The normalized spacial score (nSPS) is 12.1. The van der Waals surface area contributed by atoms with E-state index in [1.165, 1.54) is 0 Å². The first kappa shape index (κ1) is 10.6. The Morgan fingerprint density at radius 3 is 2.75 bits per heavy atom. The number of tetrazole rings is 1. The lowest BCUT2D eigenvalue weighted by Gasteiger charge is -2.07. The Morgan fingerprint density at radius 1 is 1.38 bits per heavy atom. The van der Waals surface area contributed by atoms with E-state index in [4.69, 9.17) is 11.6 Å². The van der Waals surface area contributed by atoms with Crippen molar-refractivity contribution in [3.8, 4) is 0 Å². The van der Waals surface area contributed by atoms with Gasteiger partial charge in [-0.3, -0.25) is 10.1 Å². The van der Waals surface area contributed by atoms with E-state index < -0.39 is 11.3 Å². The number of hydrogen-bond donors (Lipinski definition) is 2. The number of carbonyl (C=O) groups is 1. The van der Waals surface area contributed by atoms with E-state index in [2.05, 4.69) is 25.9 Å². The monoisotopic (exact) mass is 237 g/mol. The predicted molar refractivity (Wildman–Crippen MR) is 57.8 cm³/mol. The third-order valence-electron chi connectivity index (χ3n) is 1.90. The van der Waals surface area contributed by atoms with Crippen LogP contribution in [0.1, 0.15) is 10.9 Å². The molecule has 0 radical (unpaired) electrons. The van der Waals surface area contributed by atoms with Crippen molar-refractivity contribution in [1.82, 2.24) is 20.6 Å². The second-order valence-corrected chi connectivity index (χ2v) is 3.43. The van der Waals surface area contributed by atoms with E-state index >= 15 is 0 Å². The number of anilines is 1. The second-order valence-electron chi connectivity index (χ2n) is 3.00.